The number of aliphatic imine (C=N–C) groups is 2. The lowest BCUT2D eigenvalue weighted by Crippen LogP contribution is -2.46. The lowest BCUT2D eigenvalue weighted by molar-refractivity contribution is -0.111. The highest BCUT2D eigenvalue weighted by atomic mass is 35.5. The average Bonchev–Trinajstić information content (AvgIpc) is 3.55. The van der Waals surface area contributed by atoms with Gasteiger partial charge in [0.2, 0.25) is 11.9 Å². The second-order valence-electron chi connectivity index (χ2n) is 8.00. The Balaban J connectivity index is 1.62. The fourth-order valence-corrected chi connectivity index (χ4v) is 4.94. The van der Waals surface area contributed by atoms with Crippen molar-refractivity contribution in [2.24, 2.45) is 26.1 Å². The van der Waals surface area contributed by atoms with Crippen molar-refractivity contribution in [3.63, 3.8) is 0 Å². The van der Waals surface area contributed by atoms with Gasteiger partial charge in [-0.2, -0.15) is 10.2 Å². The van der Waals surface area contributed by atoms with E-state index in [9.17, 15) is 9.59 Å². The van der Waals surface area contributed by atoms with E-state index in [1.54, 1.807) is 6.08 Å². The minimum atomic E-state index is -0.734. The Morgan fingerprint density at radius 2 is 1.64 bits per heavy atom. The molecule has 170 valence electrons. The Hall–Kier alpha value is -3.53. The molecule has 0 spiro atoms. The van der Waals surface area contributed by atoms with Crippen LogP contribution in [-0.4, -0.2) is 67.5 Å². The SMILES string of the molecule is O=CC1C2=CC(=NNC3=NCCN3)C(Cl)C(=NNC3=NCCN3)C2C(C=O)c2ccccc21. The minimum Gasteiger partial charge on any atom is -0.353 e. The zero-order chi connectivity index (χ0) is 22.8. The molecular formula is C22H23ClN8O2. The fourth-order valence-electron chi connectivity index (χ4n) is 4.64. The van der Waals surface area contributed by atoms with E-state index in [1.807, 2.05) is 24.3 Å². The maximum atomic E-state index is 12.3. The third-order valence-corrected chi connectivity index (χ3v) is 6.58. The molecule has 10 nitrogen and oxygen atoms in total. The molecule has 2 heterocycles. The predicted octanol–water partition coefficient (Wildman–Crippen LogP) is 0.238. The quantitative estimate of drug-likeness (QED) is 0.285. The van der Waals surface area contributed by atoms with Crippen LogP contribution in [0.4, 0.5) is 0 Å². The van der Waals surface area contributed by atoms with Crippen molar-refractivity contribution in [2.45, 2.75) is 17.2 Å². The molecule has 4 N–H and O–H groups in total. The first-order valence-corrected chi connectivity index (χ1v) is 11.2. The molecule has 4 atom stereocenters. The Morgan fingerprint density at radius 1 is 0.970 bits per heavy atom. The maximum absolute atomic E-state index is 12.3. The number of hydrazone groups is 2. The number of alkyl halides is 1. The van der Waals surface area contributed by atoms with Gasteiger partial charge in [0, 0.05) is 19.0 Å². The zero-order valence-electron chi connectivity index (χ0n) is 17.7. The van der Waals surface area contributed by atoms with Gasteiger partial charge in [-0.25, -0.2) is 20.8 Å². The number of rotatable bonds is 4. The molecule has 1 aromatic carbocycles. The summed E-state index contributed by atoms with van der Waals surface area (Å²) in [5.74, 6) is -0.454. The van der Waals surface area contributed by atoms with Crippen LogP contribution in [0.15, 0.2) is 56.1 Å². The van der Waals surface area contributed by atoms with E-state index in [-0.39, 0.29) is 0 Å². The average molecular weight is 467 g/mol. The number of hydrogen-bond acceptors (Lipinski definition) is 10. The van der Waals surface area contributed by atoms with E-state index in [2.05, 4.69) is 41.7 Å². The van der Waals surface area contributed by atoms with Crippen LogP contribution >= 0.6 is 11.6 Å². The zero-order valence-corrected chi connectivity index (χ0v) is 18.4. The number of carbonyl (C=O) groups excluding carboxylic acids is 2. The molecule has 0 saturated heterocycles. The molecule has 0 fully saturated rings. The number of nitrogens with zero attached hydrogens (tertiary/aromatic N) is 4. The lowest BCUT2D eigenvalue weighted by Gasteiger charge is -2.40. The van der Waals surface area contributed by atoms with Gasteiger partial charge in [-0.3, -0.25) is 0 Å². The molecule has 1 aromatic rings. The van der Waals surface area contributed by atoms with Crippen LogP contribution in [0.25, 0.3) is 0 Å². The molecule has 0 radical (unpaired) electrons. The number of fused-ring (bicyclic) bond motifs is 2. The summed E-state index contributed by atoms with van der Waals surface area (Å²) >= 11 is 6.87. The van der Waals surface area contributed by atoms with Gasteiger partial charge >= 0.3 is 0 Å². The van der Waals surface area contributed by atoms with E-state index >= 15 is 0 Å². The smallest absolute Gasteiger partial charge is 0.212 e. The largest absolute Gasteiger partial charge is 0.353 e. The second-order valence-corrected chi connectivity index (χ2v) is 8.44. The number of hydrogen-bond donors (Lipinski definition) is 4. The summed E-state index contributed by atoms with van der Waals surface area (Å²) in [7, 11) is 0. The topological polar surface area (TPSA) is 132 Å². The summed E-state index contributed by atoms with van der Waals surface area (Å²) in [5.41, 5.74) is 9.18. The molecule has 4 aliphatic rings. The Labute approximate surface area is 195 Å². The number of aldehydes is 2. The molecule has 0 bridgehead atoms. The number of carbonyl (C=O) groups is 2. The van der Waals surface area contributed by atoms with Crippen LogP contribution in [0.2, 0.25) is 0 Å². The first kappa shape index (κ1) is 21.3. The van der Waals surface area contributed by atoms with E-state index in [0.717, 1.165) is 42.4 Å². The highest BCUT2D eigenvalue weighted by Gasteiger charge is 2.46. The maximum Gasteiger partial charge on any atom is 0.212 e. The molecule has 0 saturated carbocycles. The summed E-state index contributed by atoms with van der Waals surface area (Å²) in [6.07, 6.45) is 3.61. The van der Waals surface area contributed by atoms with Crippen molar-refractivity contribution in [1.29, 1.82) is 0 Å². The molecule has 2 aliphatic carbocycles. The molecule has 0 amide bonds. The highest BCUT2D eigenvalue weighted by Crippen LogP contribution is 2.48. The summed E-state index contributed by atoms with van der Waals surface area (Å²) < 4.78 is 0. The third kappa shape index (κ3) is 3.91. The molecule has 2 aliphatic heterocycles. The summed E-state index contributed by atoms with van der Waals surface area (Å²) in [6.45, 7) is 2.76. The van der Waals surface area contributed by atoms with Gasteiger partial charge in [0.05, 0.1) is 36.3 Å². The first-order chi connectivity index (χ1) is 16.2. The summed E-state index contributed by atoms with van der Waals surface area (Å²) in [5, 5.41) is 14.5. The minimum absolute atomic E-state index is 0.481. The normalized spacial score (nSPS) is 30.3. The predicted molar refractivity (Wildman–Crippen MR) is 127 cm³/mol. The van der Waals surface area contributed by atoms with Gasteiger partial charge in [-0.1, -0.05) is 24.3 Å². The number of nitrogens with one attached hydrogen (secondary N) is 4. The molecule has 5 rings (SSSR count). The molecule has 4 unspecified atom stereocenters. The van der Waals surface area contributed by atoms with Crippen LogP contribution in [-0.2, 0) is 9.59 Å². The monoisotopic (exact) mass is 466 g/mol. The molecular weight excluding hydrogens is 444 g/mol. The van der Waals surface area contributed by atoms with Gasteiger partial charge in [0.15, 0.2) is 0 Å². The van der Waals surface area contributed by atoms with E-state index in [4.69, 9.17) is 11.6 Å². The Kier molecular flexibility index (Phi) is 5.91. The molecule has 11 heteroatoms. The van der Waals surface area contributed by atoms with Crippen LogP contribution in [0.5, 0.6) is 0 Å². The Bertz CT molecular complexity index is 1130. The van der Waals surface area contributed by atoms with Crippen molar-refractivity contribution < 1.29 is 9.59 Å². The number of allylic oxidation sites excluding steroid dienone is 2. The van der Waals surface area contributed by atoms with Crippen LogP contribution < -0.4 is 21.5 Å². The summed E-state index contributed by atoms with van der Waals surface area (Å²) in [6, 6.07) is 7.50. The van der Waals surface area contributed by atoms with Gasteiger partial charge in [-0.05, 0) is 22.8 Å². The fraction of sp³-hybridized carbons (Fsp3) is 0.364. The Morgan fingerprint density at radius 3 is 2.24 bits per heavy atom. The lowest BCUT2D eigenvalue weighted by atomic mass is 9.63. The van der Waals surface area contributed by atoms with E-state index < -0.39 is 23.1 Å². The van der Waals surface area contributed by atoms with Crippen molar-refractivity contribution in [2.75, 3.05) is 26.2 Å². The standard InChI is InChI=1S/C22H23ClN8O2/c23-19-17(28-30-21-24-5-6-25-21)9-14-15(10-32)12-3-1-2-4-13(12)16(11-33)18(14)20(19)29-31-22-26-7-8-27-22/h1-4,9-11,15-16,18-19H,5-8H2,(H2,24,25,30)(H2,26,27,31). The van der Waals surface area contributed by atoms with Gasteiger partial charge in [0.25, 0.3) is 0 Å². The molecule has 0 aromatic heterocycles. The molecule has 33 heavy (non-hydrogen) atoms. The van der Waals surface area contributed by atoms with Gasteiger partial charge in [0.1, 0.15) is 17.9 Å². The third-order valence-electron chi connectivity index (χ3n) is 6.13. The van der Waals surface area contributed by atoms with Crippen LogP contribution in [0, 0.1) is 5.92 Å². The number of benzene rings is 1. The second kappa shape index (κ2) is 9.14. The van der Waals surface area contributed by atoms with Crippen molar-refractivity contribution in [3.05, 3.63) is 47.0 Å². The number of guanidine groups is 2. The van der Waals surface area contributed by atoms with E-state index in [1.165, 1.54) is 0 Å². The van der Waals surface area contributed by atoms with Crippen LogP contribution in [0.3, 0.4) is 0 Å². The van der Waals surface area contributed by atoms with Crippen molar-refractivity contribution >= 4 is 47.5 Å². The number of halogens is 1. The van der Waals surface area contributed by atoms with Gasteiger partial charge in [-0.15, -0.1) is 11.6 Å². The van der Waals surface area contributed by atoms with Crippen molar-refractivity contribution in [1.82, 2.24) is 21.5 Å². The highest BCUT2D eigenvalue weighted by molar-refractivity contribution is 6.47. The van der Waals surface area contributed by atoms with Gasteiger partial charge < -0.3 is 20.2 Å². The van der Waals surface area contributed by atoms with Crippen molar-refractivity contribution in [3.8, 4) is 0 Å². The summed E-state index contributed by atoms with van der Waals surface area (Å²) in [4.78, 5) is 33.2. The first-order valence-electron chi connectivity index (χ1n) is 10.8. The van der Waals surface area contributed by atoms with E-state index in [0.29, 0.717) is 36.4 Å². The van der Waals surface area contributed by atoms with Crippen LogP contribution in [0.1, 0.15) is 23.0 Å².